The van der Waals surface area contributed by atoms with Gasteiger partial charge in [0.05, 0.1) is 11.6 Å². The topological polar surface area (TPSA) is 29.3 Å². The first kappa shape index (κ1) is 10.9. The standard InChI is InChI=1S/C13H15ClN2O/c1-9-3-6-16(11(9)8-14)13-10-4-7-17-12(10)2-5-15-13/h2,4-5,7,9,11H,3,6,8H2,1H3. The molecule has 1 saturated heterocycles. The molecule has 3 rings (SSSR count). The van der Waals surface area contributed by atoms with Crippen LogP contribution in [0.2, 0.25) is 0 Å². The van der Waals surface area contributed by atoms with E-state index in [0.717, 1.165) is 23.3 Å². The Morgan fingerprint density at radius 3 is 3.24 bits per heavy atom. The zero-order valence-corrected chi connectivity index (χ0v) is 10.5. The van der Waals surface area contributed by atoms with Gasteiger partial charge in [-0.1, -0.05) is 6.92 Å². The van der Waals surface area contributed by atoms with Gasteiger partial charge in [-0.25, -0.2) is 4.98 Å². The van der Waals surface area contributed by atoms with Gasteiger partial charge in [0.1, 0.15) is 11.4 Å². The summed E-state index contributed by atoms with van der Waals surface area (Å²) in [5.41, 5.74) is 0.892. The SMILES string of the molecule is CC1CCN(c2nccc3occc23)C1CCl. The molecule has 0 bridgehead atoms. The molecule has 0 saturated carbocycles. The summed E-state index contributed by atoms with van der Waals surface area (Å²) in [6.07, 6.45) is 4.69. The van der Waals surface area contributed by atoms with E-state index in [0.29, 0.717) is 17.8 Å². The summed E-state index contributed by atoms with van der Waals surface area (Å²) in [4.78, 5) is 6.82. The molecule has 2 aromatic rings. The summed E-state index contributed by atoms with van der Waals surface area (Å²) in [6, 6.07) is 4.25. The molecule has 0 N–H and O–H groups in total. The molecule has 3 heterocycles. The predicted molar refractivity (Wildman–Crippen MR) is 69.6 cm³/mol. The van der Waals surface area contributed by atoms with Crippen LogP contribution >= 0.6 is 11.6 Å². The number of rotatable bonds is 2. The van der Waals surface area contributed by atoms with E-state index < -0.39 is 0 Å². The molecule has 0 aromatic carbocycles. The first-order valence-corrected chi connectivity index (χ1v) is 6.49. The van der Waals surface area contributed by atoms with Crippen molar-refractivity contribution in [1.29, 1.82) is 0 Å². The number of pyridine rings is 1. The maximum absolute atomic E-state index is 6.08. The summed E-state index contributed by atoms with van der Waals surface area (Å²) in [5, 5.41) is 1.08. The molecule has 0 amide bonds. The van der Waals surface area contributed by atoms with Crippen molar-refractivity contribution in [3.8, 4) is 0 Å². The van der Waals surface area contributed by atoms with Crippen molar-refractivity contribution in [3.05, 3.63) is 24.6 Å². The minimum atomic E-state index is 0.379. The van der Waals surface area contributed by atoms with Gasteiger partial charge in [0.25, 0.3) is 0 Å². The van der Waals surface area contributed by atoms with E-state index >= 15 is 0 Å². The fraction of sp³-hybridized carbons (Fsp3) is 0.462. The van der Waals surface area contributed by atoms with Crippen LogP contribution in [0, 0.1) is 5.92 Å². The zero-order valence-electron chi connectivity index (χ0n) is 9.77. The van der Waals surface area contributed by atoms with Gasteiger partial charge in [-0.2, -0.15) is 0 Å². The third-order valence-electron chi connectivity index (χ3n) is 3.67. The van der Waals surface area contributed by atoms with Crippen molar-refractivity contribution in [2.24, 2.45) is 5.92 Å². The minimum Gasteiger partial charge on any atom is -0.464 e. The van der Waals surface area contributed by atoms with Crippen molar-refractivity contribution in [1.82, 2.24) is 4.98 Å². The molecular formula is C13H15ClN2O. The van der Waals surface area contributed by atoms with Crippen molar-refractivity contribution in [3.63, 3.8) is 0 Å². The number of halogens is 1. The second-order valence-corrected chi connectivity index (χ2v) is 4.96. The van der Waals surface area contributed by atoms with Crippen LogP contribution in [-0.4, -0.2) is 23.5 Å². The van der Waals surface area contributed by atoms with Gasteiger partial charge in [-0.15, -0.1) is 11.6 Å². The van der Waals surface area contributed by atoms with E-state index in [9.17, 15) is 0 Å². The van der Waals surface area contributed by atoms with Crippen LogP contribution in [0.1, 0.15) is 13.3 Å². The first-order valence-electron chi connectivity index (χ1n) is 5.96. The van der Waals surface area contributed by atoms with E-state index in [2.05, 4.69) is 16.8 Å². The van der Waals surface area contributed by atoms with Crippen LogP contribution in [-0.2, 0) is 0 Å². The first-order chi connectivity index (χ1) is 8.31. The van der Waals surface area contributed by atoms with Gasteiger partial charge >= 0.3 is 0 Å². The second kappa shape index (κ2) is 4.22. The van der Waals surface area contributed by atoms with Gasteiger partial charge in [0.2, 0.25) is 0 Å². The van der Waals surface area contributed by atoms with Crippen LogP contribution in [0.25, 0.3) is 11.0 Å². The number of nitrogens with zero attached hydrogens (tertiary/aromatic N) is 2. The third kappa shape index (κ3) is 1.69. The number of anilines is 1. The lowest BCUT2D eigenvalue weighted by molar-refractivity contribution is 0.549. The molecule has 2 atom stereocenters. The lowest BCUT2D eigenvalue weighted by Gasteiger charge is -2.26. The maximum Gasteiger partial charge on any atom is 0.139 e. The smallest absolute Gasteiger partial charge is 0.139 e. The average molecular weight is 251 g/mol. The number of hydrogen-bond donors (Lipinski definition) is 0. The maximum atomic E-state index is 6.08. The van der Waals surface area contributed by atoms with Gasteiger partial charge in [0, 0.05) is 24.7 Å². The average Bonchev–Trinajstić information content (AvgIpc) is 2.94. The molecule has 4 heteroatoms. The van der Waals surface area contributed by atoms with Crippen LogP contribution < -0.4 is 4.90 Å². The monoisotopic (exact) mass is 250 g/mol. The molecular weight excluding hydrogens is 236 g/mol. The molecule has 1 fully saturated rings. The number of aromatic nitrogens is 1. The summed E-state index contributed by atoms with van der Waals surface area (Å²) in [6.45, 7) is 3.28. The number of hydrogen-bond acceptors (Lipinski definition) is 3. The molecule has 2 aromatic heterocycles. The normalized spacial score (nSPS) is 24.7. The van der Waals surface area contributed by atoms with Crippen molar-refractivity contribution >= 4 is 28.4 Å². The molecule has 1 aliphatic heterocycles. The lowest BCUT2D eigenvalue weighted by atomic mass is 10.1. The Morgan fingerprint density at radius 2 is 2.41 bits per heavy atom. The van der Waals surface area contributed by atoms with Crippen LogP contribution in [0.4, 0.5) is 5.82 Å². The van der Waals surface area contributed by atoms with Crippen molar-refractivity contribution < 1.29 is 4.42 Å². The van der Waals surface area contributed by atoms with E-state index in [1.165, 1.54) is 6.42 Å². The molecule has 0 radical (unpaired) electrons. The van der Waals surface area contributed by atoms with Gasteiger partial charge in [-0.05, 0) is 24.5 Å². The Labute approximate surface area is 105 Å². The highest BCUT2D eigenvalue weighted by Crippen LogP contribution is 2.33. The summed E-state index contributed by atoms with van der Waals surface area (Å²) in [5.74, 6) is 2.28. The lowest BCUT2D eigenvalue weighted by Crippen LogP contribution is -2.34. The number of fused-ring (bicyclic) bond motifs is 1. The second-order valence-electron chi connectivity index (χ2n) is 4.65. The molecule has 0 aliphatic carbocycles. The number of furan rings is 1. The predicted octanol–water partition coefficient (Wildman–Crippen LogP) is 3.28. The largest absolute Gasteiger partial charge is 0.464 e. The molecule has 17 heavy (non-hydrogen) atoms. The Bertz CT molecular complexity index is 525. The van der Waals surface area contributed by atoms with E-state index in [1.54, 1.807) is 12.5 Å². The quantitative estimate of drug-likeness (QED) is 0.766. The Balaban J connectivity index is 2.06. The molecule has 1 aliphatic rings. The van der Waals surface area contributed by atoms with Crippen molar-refractivity contribution in [2.75, 3.05) is 17.3 Å². The van der Waals surface area contributed by atoms with Gasteiger partial charge in [0.15, 0.2) is 0 Å². The molecule has 0 spiro atoms. The van der Waals surface area contributed by atoms with Crippen LogP contribution in [0.5, 0.6) is 0 Å². The fourth-order valence-corrected chi connectivity index (χ4v) is 3.09. The van der Waals surface area contributed by atoms with Crippen LogP contribution in [0.15, 0.2) is 29.0 Å². The van der Waals surface area contributed by atoms with Crippen LogP contribution in [0.3, 0.4) is 0 Å². The van der Waals surface area contributed by atoms with Gasteiger partial charge in [-0.3, -0.25) is 0 Å². The Morgan fingerprint density at radius 1 is 1.53 bits per heavy atom. The fourth-order valence-electron chi connectivity index (χ4n) is 2.62. The Kier molecular flexibility index (Phi) is 2.71. The van der Waals surface area contributed by atoms with E-state index in [-0.39, 0.29) is 0 Å². The summed E-state index contributed by atoms with van der Waals surface area (Å²) < 4.78 is 5.41. The highest BCUT2D eigenvalue weighted by atomic mass is 35.5. The van der Waals surface area contributed by atoms with E-state index in [4.69, 9.17) is 16.0 Å². The zero-order chi connectivity index (χ0) is 11.8. The highest BCUT2D eigenvalue weighted by Gasteiger charge is 2.32. The summed E-state index contributed by atoms with van der Waals surface area (Å²) >= 11 is 6.08. The summed E-state index contributed by atoms with van der Waals surface area (Å²) in [7, 11) is 0. The highest BCUT2D eigenvalue weighted by molar-refractivity contribution is 6.18. The third-order valence-corrected chi connectivity index (χ3v) is 3.99. The molecule has 3 nitrogen and oxygen atoms in total. The van der Waals surface area contributed by atoms with Crippen molar-refractivity contribution in [2.45, 2.75) is 19.4 Å². The van der Waals surface area contributed by atoms with Gasteiger partial charge < -0.3 is 9.32 Å². The van der Waals surface area contributed by atoms with E-state index in [1.807, 2.05) is 12.1 Å². The molecule has 90 valence electrons. The molecule has 2 unspecified atom stereocenters. The Hall–Kier alpha value is -1.22. The number of alkyl halides is 1. The minimum absolute atomic E-state index is 0.379.